The maximum Gasteiger partial charge on any atom is 0.410 e. The number of hydrogen-bond donors (Lipinski definition) is 2. The van der Waals surface area contributed by atoms with E-state index < -0.39 is 108 Å². The fraction of sp³-hybridized carbons (Fsp3) is 0.721. The number of fused-ring (bicyclic) bond motifs is 1. The Morgan fingerprint density at radius 3 is 2.34 bits per heavy atom. The Bertz CT molecular complexity index is 2130. The number of aryl methyl sites for hydroxylation is 1. The number of rotatable bonds is 11. The van der Waals surface area contributed by atoms with Gasteiger partial charge in [0, 0.05) is 43.9 Å². The van der Waals surface area contributed by atoms with Gasteiger partial charge < -0.3 is 43.7 Å². The quantitative estimate of drug-likeness (QED) is 0.160. The average molecular weight is 867 g/mol. The molecular weight excluding hydrogens is 805 g/mol. The lowest BCUT2D eigenvalue weighted by Gasteiger charge is -2.48. The third-order valence-electron chi connectivity index (χ3n) is 14.0. The molecule has 4 aliphatic rings. The van der Waals surface area contributed by atoms with Crippen LogP contribution in [0.2, 0.25) is 0 Å². The number of Topliss-reactive ketones (excluding diaryl/α,β-unsaturated/α-hetero) is 2. The van der Waals surface area contributed by atoms with Crippen LogP contribution < -0.4 is 0 Å². The minimum atomic E-state index is -1.34. The Labute approximate surface area is 361 Å². The van der Waals surface area contributed by atoms with Crippen molar-refractivity contribution in [1.82, 2.24) is 39.8 Å². The standard InChI is InChI=1S/C43H62N8O11/c1-22-19-42(7,58-10)37(61-40-35(55)31(48(8)9)34(54)27(6)59-40)24(3)33(53)25(4)39(56)60-38-26(5)43(38)36(23(2)32(22)52)50(41(57)62-43)18-14-13-17-49-20-28(44-46-49)21-51-30-16-12-11-15-29(30)45-47-51/h11-12,15-16,20,22-27,31,34-38,40,54-55H,13-14,17-19,21H2,1-10H3/t22-,23+,24+,25-,26?,27?,31?,34?,35?,36-,37-,38-,40?,42+,43+/m1/s1. The second kappa shape index (κ2) is 17.6. The molecule has 1 saturated carbocycles. The highest BCUT2D eigenvalue weighted by molar-refractivity contribution is 6.00. The van der Waals surface area contributed by atoms with E-state index in [2.05, 4.69) is 20.6 Å². The number of aromatic nitrogens is 6. The molecule has 19 heteroatoms. The van der Waals surface area contributed by atoms with E-state index in [0.29, 0.717) is 25.9 Å². The fourth-order valence-electron chi connectivity index (χ4n) is 10.3. The average Bonchev–Trinajstić information content (AvgIpc) is 3.68. The number of unbranched alkanes of at least 4 members (excludes halogenated alkanes) is 1. The van der Waals surface area contributed by atoms with Crippen molar-refractivity contribution in [3.8, 4) is 0 Å². The van der Waals surface area contributed by atoms with E-state index >= 15 is 0 Å². The van der Waals surface area contributed by atoms with Crippen molar-refractivity contribution < 1.29 is 53.1 Å². The monoisotopic (exact) mass is 866 g/mol. The van der Waals surface area contributed by atoms with E-state index in [9.17, 15) is 29.4 Å². The van der Waals surface area contributed by atoms with Crippen molar-refractivity contribution in [2.45, 2.75) is 141 Å². The summed E-state index contributed by atoms with van der Waals surface area (Å²) in [6.07, 6.45) is -3.92. The molecule has 1 amide bonds. The van der Waals surface area contributed by atoms with Crippen molar-refractivity contribution in [2.75, 3.05) is 27.7 Å². The number of ether oxygens (including phenoxy) is 5. The lowest BCUT2D eigenvalue weighted by Crippen LogP contribution is -2.64. The number of para-hydroxylation sites is 1. The smallest absolute Gasteiger partial charge is 0.410 e. The molecule has 4 fully saturated rings. The SMILES string of the molecule is CO[C@@]1(C)C[C@@H](C)C(=O)[C@H](C)[C@H]2N(CCCCn3cc(Cn4nnc5ccccc54)nn3)C(=O)O[C@@]23C(C)[C@H]3OC(=O)[C@H](C)C(=O)[C@H](C)[C@H]1OC1OC(C)C(O)C(N(C)C)C1O. The molecule has 62 heavy (non-hydrogen) atoms. The normalized spacial score (nSPS) is 38.1. The third kappa shape index (κ3) is 8.15. The first-order valence-corrected chi connectivity index (χ1v) is 21.7. The summed E-state index contributed by atoms with van der Waals surface area (Å²) in [4.78, 5) is 60.0. The van der Waals surface area contributed by atoms with Crippen LogP contribution in [0.5, 0.6) is 0 Å². The number of nitrogens with zero attached hydrogens (tertiary/aromatic N) is 8. The number of aliphatic hydroxyl groups excluding tert-OH is 2. The number of carbonyl (C=O) groups excluding carboxylic acids is 4. The molecule has 19 nitrogen and oxygen atoms in total. The summed E-state index contributed by atoms with van der Waals surface area (Å²) in [6.45, 7) is 13.0. The first-order valence-electron chi connectivity index (χ1n) is 21.7. The third-order valence-corrected chi connectivity index (χ3v) is 14.0. The summed E-state index contributed by atoms with van der Waals surface area (Å²) in [5.41, 5.74) is -0.230. The number of aliphatic hydroxyl groups is 2. The van der Waals surface area contributed by atoms with E-state index in [1.165, 1.54) is 14.0 Å². The summed E-state index contributed by atoms with van der Waals surface area (Å²) < 4.78 is 34.4. The Morgan fingerprint density at radius 2 is 1.63 bits per heavy atom. The molecule has 1 spiro atoms. The van der Waals surface area contributed by atoms with Crippen molar-refractivity contribution in [2.24, 2.45) is 29.6 Å². The van der Waals surface area contributed by atoms with E-state index in [1.807, 2.05) is 37.4 Å². The Balaban J connectivity index is 1.10. The second-order valence-electron chi connectivity index (χ2n) is 18.3. The number of carbonyl (C=O) groups is 4. The van der Waals surface area contributed by atoms with Gasteiger partial charge in [-0.1, -0.05) is 50.3 Å². The molecule has 3 saturated heterocycles. The number of hydrogen-bond acceptors (Lipinski definition) is 16. The van der Waals surface area contributed by atoms with Gasteiger partial charge in [-0.2, -0.15) is 0 Å². The van der Waals surface area contributed by atoms with Crippen molar-refractivity contribution in [3.63, 3.8) is 0 Å². The number of likely N-dealkylation sites (N-methyl/N-ethyl adjacent to an activating group) is 1. The zero-order chi connectivity index (χ0) is 45.0. The van der Waals surface area contributed by atoms with Gasteiger partial charge in [-0.15, -0.1) is 10.2 Å². The first-order chi connectivity index (χ1) is 29.3. The van der Waals surface area contributed by atoms with Gasteiger partial charge in [-0.05, 0) is 66.3 Å². The number of esters is 1. The van der Waals surface area contributed by atoms with Crippen molar-refractivity contribution >= 4 is 34.7 Å². The highest BCUT2D eigenvalue weighted by Gasteiger charge is 2.78. The molecule has 0 bridgehead atoms. The summed E-state index contributed by atoms with van der Waals surface area (Å²) in [5.74, 6) is -5.66. The summed E-state index contributed by atoms with van der Waals surface area (Å²) >= 11 is 0. The Morgan fingerprint density at radius 1 is 0.919 bits per heavy atom. The van der Waals surface area contributed by atoms with Gasteiger partial charge in [-0.25, -0.2) is 9.48 Å². The van der Waals surface area contributed by atoms with E-state index in [-0.39, 0.29) is 18.7 Å². The van der Waals surface area contributed by atoms with Gasteiger partial charge in [0.25, 0.3) is 0 Å². The number of amides is 1. The van der Waals surface area contributed by atoms with Gasteiger partial charge in [0.2, 0.25) is 0 Å². The molecule has 340 valence electrons. The van der Waals surface area contributed by atoms with Crippen LogP contribution in [-0.4, -0.2) is 161 Å². The van der Waals surface area contributed by atoms with Crippen LogP contribution in [0.1, 0.15) is 73.4 Å². The summed E-state index contributed by atoms with van der Waals surface area (Å²) in [7, 11) is 4.90. The van der Waals surface area contributed by atoms with Crippen LogP contribution in [0.25, 0.3) is 11.0 Å². The molecule has 6 unspecified atom stereocenters. The van der Waals surface area contributed by atoms with Gasteiger partial charge in [-0.3, -0.25) is 19.1 Å². The van der Waals surface area contributed by atoms with Crippen LogP contribution in [-0.2, 0) is 51.2 Å². The Kier molecular flexibility index (Phi) is 13.0. The van der Waals surface area contributed by atoms with Crippen LogP contribution in [0, 0.1) is 29.6 Å². The molecular formula is C43H62N8O11. The molecule has 5 heterocycles. The molecule has 1 aliphatic carbocycles. The molecule has 2 aromatic heterocycles. The fourth-order valence-corrected chi connectivity index (χ4v) is 10.3. The van der Waals surface area contributed by atoms with Crippen molar-refractivity contribution in [1.29, 1.82) is 0 Å². The zero-order valence-corrected chi connectivity index (χ0v) is 37.3. The van der Waals surface area contributed by atoms with Crippen LogP contribution in [0.15, 0.2) is 30.5 Å². The molecule has 2 N–H and O–H groups in total. The van der Waals surface area contributed by atoms with E-state index in [4.69, 9.17) is 23.7 Å². The molecule has 1 aromatic carbocycles. The van der Waals surface area contributed by atoms with Crippen LogP contribution >= 0.6 is 0 Å². The minimum absolute atomic E-state index is 0.0758. The largest absolute Gasteiger partial charge is 0.457 e. The van der Waals surface area contributed by atoms with Gasteiger partial charge in [0.05, 0.1) is 54.3 Å². The first kappa shape index (κ1) is 45.6. The maximum absolute atomic E-state index is 14.7. The maximum atomic E-state index is 14.7. The van der Waals surface area contributed by atoms with Crippen LogP contribution in [0.4, 0.5) is 4.79 Å². The number of benzene rings is 1. The zero-order valence-electron chi connectivity index (χ0n) is 37.3. The lowest BCUT2D eigenvalue weighted by molar-refractivity contribution is -0.313. The molecule has 7 rings (SSSR count). The molecule has 15 atom stereocenters. The van der Waals surface area contributed by atoms with Gasteiger partial charge >= 0.3 is 12.1 Å². The lowest BCUT2D eigenvalue weighted by atomic mass is 9.75. The van der Waals surface area contributed by atoms with E-state index in [1.54, 1.807) is 67.9 Å². The number of methoxy groups -OCH3 is 1. The predicted molar refractivity (Wildman–Crippen MR) is 220 cm³/mol. The summed E-state index contributed by atoms with van der Waals surface area (Å²) in [6, 6.07) is 6.14. The molecule has 0 radical (unpaired) electrons. The van der Waals surface area contributed by atoms with Crippen molar-refractivity contribution in [3.05, 3.63) is 36.2 Å². The minimum Gasteiger partial charge on any atom is -0.457 e. The topological polar surface area (TPSA) is 223 Å². The number of ketones is 2. The highest BCUT2D eigenvalue weighted by Crippen LogP contribution is 2.59. The van der Waals surface area contributed by atoms with Gasteiger partial charge in [0.1, 0.15) is 29.0 Å². The van der Waals surface area contributed by atoms with Crippen LogP contribution in [0.3, 0.4) is 0 Å². The second-order valence-corrected chi connectivity index (χ2v) is 18.3. The predicted octanol–water partition coefficient (Wildman–Crippen LogP) is 2.25. The highest BCUT2D eigenvalue weighted by atomic mass is 16.7. The van der Waals surface area contributed by atoms with Gasteiger partial charge in [0.15, 0.2) is 23.8 Å². The molecule has 3 aliphatic heterocycles. The molecule has 3 aromatic rings. The Hall–Kier alpha value is -4.40. The summed E-state index contributed by atoms with van der Waals surface area (Å²) in [5, 5.41) is 39.4. The van der Waals surface area contributed by atoms with E-state index in [0.717, 1.165) is 16.7 Å².